The van der Waals surface area contributed by atoms with Gasteiger partial charge >= 0.3 is 5.97 Å². The number of carboxylic acids is 1. The summed E-state index contributed by atoms with van der Waals surface area (Å²) in [6.07, 6.45) is 4.39. The molecule has 36 heavy (non-hydrogen) atoms. The third kappa shape index (κ3) is 4.75. The predicted octanol–water partition coefficient (Wildman–Crippen LogP) is 4.37. The number of piperidine rings is 1. The van der Waals surface area contributed by atoms with Crippen molar-refractivity contribution in [1.82, 2.24) is 30.0 Å². The zero-order chi connectivity index (χ0) is 24.8. The molecule has 6 rings (SSSR count). The lowest BCUT2D eigenvalue weighted by atomic mass is 10.0. The fraction of sp³-hybridized carbons (Fsp3) is 0.375. The fourth-order valence-corrected chi connectivity index (χ4v) is 6.59. The van der Waals surface area contributed by atoms with Gasteiger partial charge in [0.1, 0.15) is 5.01 Å². The van der Waals surface area contributed by atoms with E-state index >= 15 is 0 Å². The van der Waals surface area contributed by atoms with Crippen LogP contribution in [0.15, 0.2) is 30.3 Å². The zero-order valence-corrected chi connectivity index (χ0v) is 21.6. The van der Waals surface area contributed by atoms with E-state index in [0.717, 1.165) is 41.9 Å². The van der Waals surface area contributed by atoms with Gasteiger partial charge in [0.05, 0.1) is 32.4 Å². The van der Waals surface area contributed by atoms with E-state index in [0.29, 0.717) is 20.4 Å². The summed E-state index contributed by atoms with van der Waals surface area (Å²) in [7, 11) is 0. The summed E-state index contributed by atoms with van der Waals surface area (Å²) in [6.45, 7) is 2.24. The average molecular weight is 543 g/mol. The number of fused-ring (bicyclic) bond motifs is 1. The Bertz CT molecular complexity index is 1450. The minimum Gasteiger partial charge on any atom is -0.478 e. The second-order valence-electron chi connectivity index (χ2n) is 9.15. The molecular formula is C24H23ClN6O3S2. The normalized spacial score (nSPS) is 17.0. The molecule has 2 fully saturated rings. The maximum atomic E-state index is 13.4. The minimum atomic E-state index is -1.04. The number of imidazole rings is 1. The average Bonchev–Trinajstić information content (AvgIpc) is 3.28. The zero-order valence-electron chi connectivity index (χ0n) is 19.2. The molecule has 4 heterocycles. The molecule has 1 saturated heterocycles. The van der Waals surface area contributed by atoms with Crippen molar-refractivity contribution in [3.8, 4) is 9.88 Å². The largest absolute Gasteiger partial charge is 0.478 e. The molecule has 0 spiro atoms. The SMILES string of the molecule is O=C(O)c1ccc2nc(C(=O)NC3CCN(C4CC4)CC3)n(Cc3nnc(-c4ccc(Cl)s4)s3)c2c1. The van der Waals surface area contributed by atoms with Crippen LogP contribution in [0, 0.1) is 0 Å². The standard InChI is InChI=1S/C24H23ClN6O3S2/c25-19-6-5-18(35-19)23-29-28-20(36-23)12-31-17-11-13(24(33)34)1-4-16(17)27-21(31)22(32)26-14-7-9-30(10-8-14)15-2-3-15/h1,4-6,11,14-15H,2-3,7-10,12H2,(H,26,32)(H,33,34). The number of carbonyl (C=O) groups is 2. The molecule has 4 aromatic rings. The number of thiophene rings is 1. The van der Waals surface area contributed by atoms with E-state index in [1.165, 1.54) is 41.6 Å². The first-order valence-electron chi connectivity index (χ1n) is 11.8. The molecule has 2 N–H and O–H groups in total. The van der Waals surface area contributed by atoms with Crippen molar-refractivity contribution in [3.63, 3.8) is 0 Å². The number of hydrogen-bond acceptors (Lipinski definition) is 8. The van der Waals surface area contributed by atoms with Crippen LogP contribution in [0.1, 0.15) is 51.7 Å². The van der Waals surface area contributed by atoms with Crippen molar-refractivity contribution in [2.45, 2.75) is 44.3 Å². The summed E-state index contributed by atoms with van der Waals surface area (Å²) in [5, 5.41) is 22.7. The first-order chi connectivity index (χ1) is 17.4. The number of carbonyl (C=O) groups excluding carboxylic acids is 1. The van der Waals surface area contributed by atoms with E-state index in [9.17, 15) is 14.7 Å². The number of halogens is 1. The van der Waals surface area contributed by atoms with Crippen LogP contribution in [-0.2, 0) is 6.54 Å². The van der Waals surface area contributed by atoms with E-state index in [1.807, 2.05) is 12.1 Å². The summed E-state index contributed by atoms with van der Waals surface area (Å²) in [6, 6.07) is 9.23. The van der Waals surface area contributed by atoms with E-state index in [2.05, 4.69) is 25.4 Å². The smallest absolute Gasteiger partial charge is 0.335 e. The summed E-state index contributed by atoms with van der Waals surface area (Å²) >= 11 is 8.90. The Balaban J connectivity index is 1.29. The summed E-state index contributed by atoms with van der Waals surface area (Å²) < 4.78 is 2.41. The van der Waals surface area contributed by atoms with Crippen molar-refractivity contribution in [1.29, 1.82) is 0 Å². The lowest BCUT2D eigenvalue weighted by Crippen LogP contribution is -2.45. The van der Waals surface area contributed by atoms with Crippen LogP contribution in [0.3, 0.4) is 0 Å². The fourth-order valence-electron chi connectivity index (χ4n) is 4.67. The molecule has 1 aliphatic carbocycles. The van der Waals surface area contributed by atoms with Crippen molar-refractivity contribution < 1.29 is 14.7 Å². The van der Waals surface area contributed by atoms with Gasteiger partial charge in [0.2, 0.25) is 0 Å². The third-order valence-electron chi connectivity index (χ3n) is 6.67. The molecule has 3 aromatic heterocycles. The Labute approximate surface area is 219 Å². The van der Waals surface area contributed by atoms with Crippen molar-refractivity contribution in [2.75, 3.05) is 13.1 Å². The summed E-state index contributed by atoms with van der Waals surface area (Å²) in [5.74, 6) is -1.05. The van der Waals surface area contributed by atoms with Gasteiger partial charge in [0, 0.05) is 25.2 Å². The Hall–Kier alpha value is -2.86. The third-order valence-corrected chi connectivity index (χ3v) is 8.98. The van der Waals surface area contributed by atoms with E-state index in [-0.39, 0.29) is 29.9 Å². The Morgan fingerprint density at radius 3 is 2.58 bits per heavy atom. The molecule has 186 valence electrons. The molecule has 0 bridgehead atoms. The Kier molecular flexibility index (Phi) is 6.24. The number of benzene rings is 1. The lowest BCUT2D eigenvalue weighted by molar-refractivity contribution is 0.0696. The molecule has 0 unspecified atom stereocenters. The number of nitrogens with one attached hydrogen (secondary N) is 1. The molecule has 1 saturated carbocycles. The molecule has 1 aromatic carbocycles. The highest BCUT2D eigenvalue weighted by Crippen LogP contribution is 2.33. The number of aromatic carboxylic acids is 1. The first-order valence-corrected chi connectivity index (χ1v) is 13.8. The maximum Gasteiger partial charge on any atom is 0.335 e. The van der Waals surface area contributed by atoms with E-state index < -0.39 is 5.97 Å². The highest BCUT2D eigenvalue weighted by atomic mass is 35.5. The second-order valence-corrected chi connectivity index (χ2v) is 11.9. The molecule has 2 aliphatic rings. The maximum absolute atomic E-state index is 13.4. The van der Waals surface area contributed by atoms with Crippen LogP contribution in [0.4, 0.5) is 0 Å². The number of rotatable bonds is 7. The number of likely N-dealkylation sites (tertiary alicyclic amines) is 1. The quantitative estimate of drug-likeness (QED) is 0.356. The Morgan fingerprint density at radius 2 is 1.89 bits per heavy atom. The monoisotopic (exact) mass is 542 g/mol. The molecule has 12 heteroatoms. The van der Waals surface area contributed by atoms with Gasteiger partial charge in [0.15, 0.2) is 10.8 Å². The molecule has 1 aliphatic heterocycles. The number of nitrogens with zero attached hydrogens (tertiary/aromatic N) is 5. The van der Waals surface area contributed by atoms with Gasteiger partial charge in [-0.15, -0.1) is 21.5 Å². The predicted molar refractivity (Wildman–Crippen MR) is 139 cm³/mol. The minimum absolute atomic E-state index is 0.0899. The number of aromatic nitrogens is 4. The van der Waals surface area contributed by atoms with Crippen molar-refractivity contribution in [3.05, 3.63) is 51.1 Å². The highest BCUT2D eigenvalue weighted by Gasteiger charge is 2.32. The van der Waals surface area contributed by atoms with Crippen LogP contribution >= 0.6 is 34.3 Å². The van der Waals surface area contributed by atoms with Crippen LogP contribution in [0.5, 0.6) is 0 Å². The Morgan fingerprint density at radius 1 is 1.08 bits per heavy atom. The van der Waals surface area contributed by atoms with Gasteiger partial charge in [-0.25, -0.2) is 9.78 Å². The molecule has 1 amide bonds. The molecule has 0 atom stereocenters. The van der Waals surface area contributed by atoms with Gasteiger partial charge in [-0.1, -0.05) is 22.9 Å². The molecule has 0 radical (unpaired) electrons. The summed E-state index contributed by atoms with van der Waals surface area (Å²) in [4.78, 5) is 33.0. The van der Waals surface area contributed by atoms with Crippen LogP contribution in [0.25, 0.3) is 20.9 Å². The summed E-state index contributed by atoms with van der Waals surface area (Å²) in [5.41, 5.74) is 1.26. The van der Waals surface area contributed by atoms with E-state index in [1.54, 1.807) is 16.7 Å². The van der Waals surface area contributed by atoms with Gasteiger partial charge in [-0.2, -0.15) is 0 Å². The van der Waals surface area contributed by atoms with Crippen LogP contribution < -0.4 is 5.32 Å². The number of hydrogen-bond donors (Lipinski definition) is 2. The van der Waals surface area contributed by atoms with Crippen LogP contribution in [0.2, 0.25) is 4.34 Å². The highest BCUT2D eigenvalue weighted by molar-refractivity contribution is 7.23. The number of amides is 1. The van der Waals surface area contributed by atoms with Crippen LogP contribution in [-0.4, -0.2) is 66.8 Å². The number of carboxylic acid groups (broad SMARTS) is 1. The van der Waals surface area contributed by atoms with E-state index in [4.69, 9.17) is 11.6 Å². The van der Waals surface area contributed by atoms with Gasteiger partial charge in [0.25, 0.3) is 5.91 Å². The van der Waals surface area contributed by atoms with Gasteiger partial charge < -0.3 is 19.9 Å². The molecule has 9 nitrogen and oxygen atoms in total. The van der Waals surface area contributed by atoms with Gasteiger partial charge in [-0.05, 0) is 56.0 Å². The van der Waals surface area contributed by atoms with Crippen molar-refractivity contribution in [2.24, 2.45) is 0 Å². The molecular weight excluding hydrogens is 520 g/mol. The van der Waals surface area contributed by atoms with Gasteiger partial charge in [-0.3, -0.25) is 4.79 Å². The topological polar surface area (TPSA) is 113 Å². The second kappa shape index (κ2) is 9.55. The first kappa shape index (κ1) is 23.5. The lowest BCUT2D eigenvalue weighted by Gasteiger charge is -2.32. The van der Waals surface area contributed by atoms with Crippen molar-refractivity contribution >= 4 is 57.2 Å².